The Bertz CT molecular complexity index is 931. The minimum absolute atomic E-state index is 0.123. The number of imidazole rings is 1. The summed E-state index contributed by atoms with van der Waals surface area (Å²) in [4.78, 5) is 4.03. The highest BCUT2D eigenvalue weighted by Gasteiger charge is 2.43. The van der Waals surface area contributed by atoms with Crippen LogP contribution in [0.3, 0.4) is 0 Å². The maximum absolute atomic E-state index is 12.8. The Morgan fingerprint density at radius 1 is 1.24 bits per heavy atom. The summed E-state index contributed by atoms with van der Waals surface area (Å²) in [6.45, 7) is 1.70. The van der Waals surface area contributed by atoms with Gasteiger partial charge >= 0.3 is 0 Å². The van der Waals surface area contributed by atoms with Crippen molar-refractivity contribution in [2.75, 3.05) is 26.8 Å². The second-order valence-electron chi connectivity index (χ2n) is 8.22. The highest BCUT2D eigenvalue weighted by Crippen LogP contribution is 2.39. The Kier molecular flexibility index (Phi) is 5.68. The molecule has 1 aromatic carbocycles. The van der Waals surface area contributed by atoms with E-state index in [0.717, 1.165) is 44.5 Å². The maximum atomic E-state index is 12.8. The van der Waals surface area contributed by atoms with Gasteiger partial charge < -0.3 is 14.0 Å². The molecule has 1 spiro atoms. The molecule has 0 radical (unpaired) electrons. The van der Waals surface area contributed by atoms with Crippen LogP contribution in [-0.2, 0) is 28.2 Å². The van der Waals surface area contributed by atoms with E-state index >= 15 is 0 Å². The molecule has 0 aliphatic carbocycles. The molecule has 2 aromatic rings. The summed E-state index contributed by atoms with van der Waals surface area (Å²) in [6, 6.07) is 8.27. The zero-order chi connectivity index (χ0) is 20.5. The Balaban J connectivity index is 1.38. The first-order valence-corrected chi connectivity index (χ1v) is 11.6. The summed E-state index contributed by atoms with van der Waals surface area (Å²) in [6.07, 6.45) is 7.59. The van der Waals surface area contributed by atoms with E-state index in [1.165, 1.54) is 11.9 Å². The standard InChI is InChI=1S/C21H29N3O4S/c1-23-15-20(22-16-23)29(25,26)24-10-8-21(9-11-24)14-18(7-12-28-21)13-17-3-5-19(27-2)6-4-17/h3-6,15-16,18H,7-14H2,1-2H3. The SMILES string of the molecule is COc1ccc(CC2CCOC3(CCN(S(=O)(=O)c4cn(C)cn4)CC3)C2)cc1. The first-order valence-electron chi connectivity index (χ1n) is 10.2. The van der Waals surface area contributed by atoms with Crippen LogP contribution >= 0.6 is 0 Å². The predicted octanol–water partition coefficient (Wildman–Crippen LogP) is 2.62. The van der Waals surface area contributed by atoms with Crippen molar-refractivity contribution in [3.05, 3.63) is 42.4 Å². The van der Waals surface area contributed by atoms with Crippen LogP contribution in [0, 0.1) is 5.92 Å². The number of ether oxygens (including phenoxy) is 2. The van der Waals surface area contributed by atoms with E-state index in [1.54, 1.807) is 29.2 Å². The van der Waals surface area contributed by atoms with Gasteiger partial charge in [-0.25, -0.2) is 13.4 Å². The van der Waals surface area contributed by atoms with Gasteiger partial charge in [0.25, 0.3) is 10.0 Å². The van der Waals surface area contributed by atoms with Crippen molar-refractivity contribution in [2.45, 2.75) is 42.7 Å². The predicted molar refractivity (Wildman–Crippen MR) is 109 cm³/mol. The number of piperidine rings is 1. The number of rotatable bonds is 5. The third-order valence-electron chi connectivity index (χ3n) is 6.20. The Labute approximate surface area is 172 Å². The average Bonchev–Trinajstić information content (AvgIpc) is 3.16. The number of hydrogen-bond acceptors (Lipinski definition) is 5. The van der Waals surface area contributed by atoms with E-state index < -0.39 is 10.0 Å². The molecule has 0 bridgehead atoms. The second kappa shape index (κ2) is 8.08. The third-order valence-corrected chi connectivity index (χ3v) is 7.98. The van der Waals surface area contributed by atoms with Gasteiger partial charge in [-0.3, -0.25) is 0 Å². The smallest absolute Gasteiger partial charge is 0.262 e. The fourth-order valence-corrected chi connectivity index (χ4v) is 5.94. The molecule has 1 aromatic heterocycles. The summed E-state index contributed by atoms with van der Waals surface area (Å²) in [7, 11) is -0.0792. The summed E-state index contributed by atoms with van der Waals surface area (Å²) >= 11 is 0. The van der Waals surface area contributed by atoms with E-state index in [1.807, 2.05) is 12.1 Å². The fourth-order valence-electron chi connectivity index (χ4n) is 4.54. The molecule has 2 aliphatic rings. The summed E-state index contributed by atoms with van der Waals surface area (Å²) < 4.78 is 40.3. The molecular weight excluding hydrogens is 390 g/mol. The lowest BCUT2D eigenvalue weighted by molar-refractivity contribution is -0.120. The molecule has 2 aliphatic heterocycles. The van der Waals surface area contributed by atoms with Crippen LogP contribution in [0.5, 0.6) is 5.75 Å². The van der Waals surface area contributed by atoms with Crippen LogP contribution in [0.2, 0.25) is 0 Å². The number of nitrogens with zero attached hydrogens (tertiary/aromatic N) is 3. The quantitative estimate of drug-likeness (QED) is 0.745. The molecule has 7 nitrogen and oxygen atoms in total. The largest absolute Gasteiger partial charge is 0.497 e. The van der Waals surface area contributed by atoms with E-state index in [4.69, 9.17) is 9.47 Å². The van der Waals surface area contributed by atoms with Crippen molar-refractivity contribution < 1.29 is 17.9 Å². The second-order valence-corrected chi connectivity index (χ2v) is 10.1. The molecule has 0 N–H and O–H groups in total. The molecule has 4 rings (SSSR count). The van der Waals surface area contributed by atoms with Crippen molar-refractivity contribution in [2.24, 2.45) is 13.0 Å². The third kappa shape index (κ3) is 4.34. The molecule has 29 heavy (non-hydrogen) atoms. The van der Waals surface area contributed by atoms with Gasteiger partial charge in [0, 0.05) is 32.9 Å². The molecule has 1 atom stereocenters. The first kappa shape index (κ1) is 20.4. The fraction of sp³-hybridized carbons (Fsp3) is 0.571. The van der Waals surface area contributed by atoms with Gasteiger partial charge in [-0.2, -0.15) is 4.31 Å². The van der Waals surface area contributed by atoms with Gasteiger partial charge in [-0.05, 0) is 55.7 Å². The average molecular weight is 420 g/mol. The lowest BCUT2D eigenvalue weighted by atomic mass is 9.78. The molecular formula is C21H29N3O4S. The minimum Gasteiger partial charge on any atom is -0.497 e. The topological polar surface area (TPSA) is 73.7 Å². The highest BCUT2D eigenvalue weighted by atomic mass is 32.2. The van der Waals surface area contributed by atoms with Crippen molar-refractivity contribution >= 4 is 10.0 Å². The Morgan fingerprint density at radius 3 is 2.59 bits per heavy atom. The van der Waals surface area contributed by atoms with E-state index in [2.05, 4.69) is 17.1 Å². The summed E-state index contributed by atoms with van der Waals surface area (Å²) in [5, 5.41) is 0.123. The maximum Gasteiger partial charge on any atom is 0.262 e. The molecule has 2 saturated heterocycles. The molecule has 0 amide bonds. The van der Waals surface area contributed by atoms with Crippen LogP contribution in [0.4, 0.5) is 0 Å². The monoisotopic (exact) mass is 419 g/mol. The van der Waals surface area contributed by atoms with Crippen LogP contribution in [0.15, 0.2) is 41.8 Å². The van der Waals surface area contributed by atoms with Crippen molar-refractivity contribution in [3.63, 3.8) is 0 Å². The molecule has 8 heteroatoms. The summed E-state index contributed by atoms with van der Waals surface area (Å²) in [5.41, 5.74) is 1.11. The van der Waals surface area contributed by atoms with E-state index in [0.29, 0.717) is 19.0 Å². The first-order chi connectivity index (χ1) is 13.9. The molecule has 3 heterocycles. The van der Waals surface area contributed by atoms with Crippen molar-refractivity contribution in [3.8, 4) is 5.75 Å². The van der Waals surface area contributed by atoms with Crippen LogP contribution in [0.25, 0.3) is 0 Å². The number of aryl methyl sites for hydroxylation is 1. The number of aromatic nitrogens is 2. The van der Waals surface area contributed by atoms with Crippen LogP contribution in [0.1, 0.15) is 31.2 Å². The molecule has 158 valence electrons. The molecule has 0 saturated carbocycles. The number of sulfonamides is 1. The Hall–Kier alpha value is -1.90. The van der Waals surface area contributed by atoms with E-state index in [9.17, 15) is 8.42 Å². The molecule has 2 fully saturated rings. The zero-order valence-corrected chi connectivity index (χ0v) is 17.9. The number of benzene rings is 1. The van der Waals surface area contributed by atoms with Gasteiger partial charge in [-0.15, -0.1) is 0 Å². The Morgan fingerprint density at radius 2 is 1.97 bits per heavy atom. The van der Waals surface area contributed by atoms with Gasteiger partial charge in [0.15, 0.2) is 5.03 Å². The lowest BCUT2D eigenvalue weighted by Crippen LogP contribution is -2.51. The van der Waals surface area contributed by atoms with Gasteiger partial charge in [-0.1, -0.05) is 12.1 Å². The number of methoxy groups -OCH3 is 1. The number of hydrogen-bond donors (Lipinski definition) is 0. The van der Waals surface area contributed by atoms with Crippen molar-refractivity contribution in [1.82, 2.24) is 13.9 Å². The van der Waals surface area contributed by atoms with E-state index in [-0.39, 0.29) is 10.6 Å². The summed E-state index contributed by atoms with van der Waals surface area (Å²) in [5.74, 6) is 1.43. The van der Waals surface area contributed by atoms with Gasteiger partial charge in [0.1, 0.15) is 5.75 Å². The van der Waals surface area contributed by atoms with Crippen LogP contribution < -0.4 is 4.74 Å². The van der Waals surface area contributed by atoms with Gasteiger partial charge in [0.05, 0.1) is 19.0 Å². The zero-order valence-electron chi connectivity index (χ0n) is 17.1. The van der Waals surface area contributed by atoms with Crippen molar-refractivity contribution in [1.29, 1.82) is 0 Å². The minimum atomic E-state index is -3.53. The van der Waals surface area contributed by atoms with Crippen LogP contribution in [-0.4, -0.2) is 54.7 Å². The lowest BCUT2D eigenvalue weighted by Gasteiger charge is -2.45. The van der Waals surface area contributed by atoms with Gasteiger partial charge in [0.2, 0.25) is 0 Å². The highest BCUT2D eigenvalue weighted by molar-refractivity contribution is 7.89. The normalized spacial score (nSPS) is 22.6. The molecule has 1 unspecified atom stereocenters.